The summed E-state index contributed by atoms with van der Waals surface area (Å²) in [6.07, 6.45) is 0. The summed E-state index contributed by atoms with van der Waals surface area (Å²) >= 11 is 6.29. The van der Waals surface area contributed by atoms with Crippen LogP contribution < -0.4 is 9.62 Å². The third-order valence-corrected chi connectivity index (χ3v) is 7.67. The van der Waals surface area contributed by atoms with Gasteiger partial charge < -0.3 is 10.1 Å². The molecule has 0 spiro atoms. The highest BCUT2D eigenvalue weighted by atomic mass is 35.5. The zero-order chi connectivity index (χ0) is 25.2. The molecule has 0 saturated heterocycles. The molecule has 3 aromatic rings. The molecular formula is C26H23ClN2O5S. The van der Waals surface area contributed by atoms with Gasteiger partial charge in [0, 0.05) is 22.7 Å². The molecule has 1 N–H and O–H groups in total. The summed E-state index contributed by atoms with van der Waals surface area (Å²) in [7, 11) is -4.26. The zero-order valence-corrected chi connectivity index (χ0v) is 20.7. The minimum Gasteiger partial charge on any atom is -0.462 e. The Bertz CT molecular complexity index is 1440. The van der Waals surface area contributed by atoms with Crippen LogP contribution in [0.4, 0.5) is 11.4 Å². The number of esters is 1. The summed E-state index contributed by atoms with van der Waals surface area (Å²) in [6.45, 7) is 3.62. The Labute approximate surface area is 209 Å². The summed E-state index contributed by atoms with van der Waals surface area (Å²) in [5.41, 5.74) is 1.99. The highest BCUT2D eigenvalue weighted by molar-refractivity contribution is 7.97. The summed E-state index contributed by atoms with van der Waals surface area (Å²) in [6, 6.07) is 20.0. The monoisotopic (exact) mass is 510 g/mol. The maximum atomic E-state index is 13.8. The van der Waals surface area contributed by atoms with E-state index in [9.17, 15) is 18.0 Å². The van der Waals surface area contributed by atoms with Gasteiger partial charge in [0.2, 0.25) is 0 Å². The molecule has 180 valence electrons. The number of hydrogen-bond acceptors (Lipinski definition) is 5. The van der Waals surface area contributed by atoms with Crippen LogP contribution in [0.2, 0.25) is 5.02 Å². The number of sulfonamides is 1. The standard InChI is InChI=1S/C26H23ClN2O5S/c1-3-29-22-15-14-18(27)16-20(22)23(17-10-6-5-7-11-17)24(35(29,32)33)25(30)28-21-13-9-8-12-19(21)26(31)34-4-2/h5-16H,3-4H2,1-2H3,(H,28,30). The van der Waals surface area contributed by atoms with E-state index in [0.29, 0.717) is 21.8 Å². The Morgan fingerprint density at radius 3 is 2.34 bits per heavy atom. The van der Waals surface area contributed by atoms with Crippen LogP contribution >= 0.6 is 11.6 Å². The maximum Gasteiger partial charge on any atom is 0.340 e. The van der Waals surface area contributed by atoms with Gasteiger partial charge in [-0.15, -0.1) is 0 Å². The Kier molecular flexibility index (Phi) is 6.95. The lowest BCUT2D eigenvalue weighted by molar-refractivity contribution is -0.112. The van der Waals surface area contributed by atoms with Crippen molar-refractivity contribution in [2.24, 2.45) is 0 Å². The van der Waals surface area contributed by atoms with Gasteiger partial charge in [0.1, 0.15) is 0 Å². The van der Waals surface area contributed by atoms with E-state index in [1.165, 1.54) is 16.4 Å². The Balaban J connectivity index is 1.95. The van der Waals surface area contributed by atoms with Gasteiger partial charge in [-0.1, -0.05) is 54.1 Å². The van der Waals surface area contributed by atoms with Gasteiger partial charge in [-0.25, -0.2) is 13.2 Å². The SMILES string of the molecule is CCOC(=O)c1ccccc1NC(=O)C1=C(c2ccccc2)c2cc(Cl)ccc2N(CC)S1(=O)=O. The van der Waals surface area contributed by atoms with Crippen LogP contribution in [0.25, 0.3) is 5.57 Å². The number of carbonyl (C=O) groups is 2. The van der Waals surface area contributed by atoms with E-state index in [0.717, 1.165) is 0 Å². The molecule has 0 aromatic heterocycles. The predicted octanol–water partition coefficient (Wildman–Crippen LogP) is 5.08. The first-order valence-electron chi connectivity index (χ1n) is 11.0. The highest BCUT2D eigenvalue weighted by Gasteiger charge is 2.41. The highest BCUT2D eigenvalue weighted by Crippen LogP contribution is 2.44. The molecule has 1 aliphatic heterocycles. The van der Waals surface area contributed by atoms with Crippen molar-refractivity contribution in [1.82, 2.24) is 0 Å². The first-order chi connectivity index (χ1) is 16.8. The number of carbonyl (C=O) groups excluding carboxylic acids is 2. The average Bonchev–Trinajstić information content (AvgIpc) is 2.84. The molecule has 3 aromatic carbocycles. The molecule has 0 atom stereocenters. The zero-order valence-electron chi connectivity index (χ0n) is 19.1. The average molecular weight is 511 g/mol. The van der Waals surface area contributed by atoms with Gasteiger partial charge >= 0.3 is 5.97 Å². The second kappa shape index (κ2) is 9.93. The number of halogens is 1. The number of amides is 1. The molecule has 1 heterocycles. The van der Waals surface area contributed by atoms with Crippen molar-refractivity contribution in [3.8, 4) is 0 Å². The molecule has 0 aliphatic carbocycles. The predicted molar refractivity (Wildman–Crippen MR) is 137 cm³/mol. The number of fused-ring (bicyclic) bond motifs is 1. The molecule has 0 radical (unpaired) electrons. The quantitative estimate of drug-likeness (QED) is 0.466. The third-order valence-electron chi connectivity index (χ3n) is 5.50. The van der Waals surface area contributed by atoms with Crippen LogP contribution in [-0.2, 0) is 19.6 Å². The van der Waals surface area contributed by atoms with E-state index < -0.39 is 26.8 Å². The molecule has 0 bridgehead atoms. The van der Waals surface area contributed by atoms with E-state index >= 15 is 0 Å². The molecule has 0 unspecified atom stereocenters. The van der Waals surface area contributed by atoms with E-state index in [1.54, 1.807) is 74.5 Å². The first-order valence-corrected chi connectivity index (χ1v) is 12.8. The van der Waals surface area contributed by atoms with Crippen LogP contribution in [0.15, 0.2) is 77.7 Å². The van der Waals surface area contributed by atoms with Crippen molar-refractivity contribution in [2.75, 3.05) is 22.8 Å². The molecule has 9 heteroatoms. The van der Waals surface area contributed by atoms with Crippen LogP contribution in [-0.4, -0.2) is 33.4 Å². The minimum absolute atomic E-state index is 0.106. The molecule has 1 amide bonds. The van der Waals surface area contributed by atoms with Crippen LogP contribution in [0.3, 0.4) is 0 Å². The Hall–Kier alpha value is -3.62. The number of para-hydroxylation sites is 1. The normalized spacial score (nSPS) is 14.3. The van der Waals surface area contributed by atoms with Crippen molar-refractivity contribution in [3.63, 3.8) is 0 Å². The maximum absolute atomic E-state index is 13.8. The summed E-state index contributed by atoms with van der Waals surface area (Å²) in [4.78, 5) is 25.7. The second-order valence-electron chi connectivity index (χ2n) is 7.62. The lowest BCUT2D eigenvalue weighted by Gasteiger charge is -2.33. The van der Waals surface area contributed by atoms with E-state index in [4.69, 9.17) is 16.3 Å². The molecule has 4 rings (SSSR count). The lowest BCUT2D eigenvalue weighted by atomic mass is 9.95. The van der Waals surface area contributed by atoms with E-state index in [1.807, 2.05) is 0 Å². The van der Waals surface area contributed by atoms with Crippen molar-refractivity contribution < 1.29 is 22.7 Å². The number of ether oxygens (including phenoxy) is 1. The topological polar surface area (TPSA) is 92.8 Å². The van der Waals surface area contributed by atoms with Crippen LogP contribution in [0.5, 0.6) is 0 Å². The van der Waals surface area contributed by atoms with Crippen molar-refractivity contribution in [3.05, 3.63) is 99.4 Å². The van der Waals surface area contributed by atoms with Gasteiger partial charge in [0.05, 0.1) is 23.5 Å². The summed E-state index contributed by atoms with van der Waals surface area (Å²) in [5.74, 6) is -1.50. The summed E-state index contributed by atoms with van der Waals surface area (Å²) < 4.78 is 33.9. The number of rotatable bonds is 6. The van der Waals surface area contributed by atoms with Gasteiger partial charge in [-0.2, -0.15) is 0 Å². The fourth-order valence-electron chi connectivity index (χ4n) is 4.04. The molecule has 0 fully saturated rings. The van der Waals surface area contributed by atoms with Gasteiger partial charge in [-0.05, 0) is 49.7 Å². The molecular weight excluding hydrogens is 488 g/mol. The largest absolute Gasteiger partial charge is 0.462 e. The fourth-order valence-corrected chi connectivity index (χ4v) is 5.96. The Morgan fingerprint density at radius 2 is 1.66 bits per heavy atom. The van der Waals surface area contributed by atoms with Crippen molar-refractivity contribution in [1.29, 1.82) is 0 Å². The van der Waals surface area contributed by atoms with Crippen LogP contribution in [0.1, 0.15) is 35.3 Å². The third kappa shape index (κ3) is 4.54. The Morgan fingerprint density at radius 1 is 0.971 bits per heavy atom. The lowest BCUT2D eigenvalue weighted by Crippen LogP contribution is -2.39. The summed E-state index contributed by atoms with van der Waals surface area (Å²) in [5, 5.41) is 3.03. The van der Waals surface area contributed by atoms with E-state index in [-0.39, 0.29) is 30.0 Å². The van der Waals surface area contributed by atoms with Gasteiger partial charge in [0.25, 0.3) is 15.9 Å². The molecule has 35 heavy (non-hydrogen) atoms. The number of benzene rings is 3. The van der Waals surface area contributed by atoms with Crippen LogP contribution in [0, 0.1) is 0 Å². The minimum atomic E-state index is -4.26. The fraction of sp³-hybridized carbons (Fsp3) is 0.154. The van der Waals surface area contributed by atoms with E-state index in [2.05, 4.69) is 5.32 Å². The smallest absolute Gasteiger partial charge is 0.340 e. The molecule has 0 saturated carbocycles. The van der Waals surface area contributed by atoms with Gasteiger partial charge in [0.15, 0.2) is 4.91 Å². The van der Waals surface area contributed by atoms with Crippen molar-refractivity contribution in [2.45, 2.75) is 13.8 Å². The number of nitrogens with one attached hydrogen (secondary N) is 1. The number of hydrogen-bond donors (Lipinski definition) is 1. The molecule has 7 nitrogen and oxygen atoms in total. The molecule has 1 aliphatic rings. The first kappa shape index (κ1) is 24.5. The second-order valence-corrected chi connectivity index (χ2v) is 9.86. The van der Waals surface area contributed by atoms with Crippen molar-refractivity contribution >= 4 is 50.4 Å². The number of anilines is 2. The van der Waals surface area contributed by atoms with Gasteiger partial charge in [-0.3, -0.25) is 9.10 Å². The number of nitrogens with zero attached hydrogens (tertiary/aromatic N) is 1.